The summed E-state index contributed by atoms with van der Waals surface area (Å²) in [6.45, 7) is 2.05. The monoisotopic (exact) mass is 332 g/mol. The van der Waals surface area contributed by atoms with Crippen molar-refractivity contribution in [3.05, 3.63) is 54.1 Å². The zero-order chi connectivity index (χ0) is 16.6. The number of benzene rings is 2. The molecule has 0 fully saturated rings. The van der Waals surface area contributed by atoms with E-state index in [1.54, 1.807) is 24.0 Å². The lowest BCUT2D eigenvalue weighted by Gasteiger charge is -2.22. The van der Waals surface area contributed by atoms with Gasteiger partial charge in [0.25, 0.3) is 5.91 Å². The molecule has 120 valence electrons. The van der Waals surface area contributed by atoms with Gasteiger partial charge in [0.15, 0.2) is 6.10 Å². The molecule has 0 bridgehead atoms. The standard InChI is InChI=1S/C16H16N2O4S/c1-11-16(19)18(10-12-4-2-3-5-15(12)22-11)13-6-8-14(9-7-13)23(17,20)21/h2-9,11H,10H2,1H3,(H2,17,20,21)/t11-/m0/s1. The Kier molecular flexibility index (Phi) is 3.83. The molecule has 0 unspecified atom stereocenters. The van der Waals surface area contributed by atoms with Crippen molar-refractivity contribution in [3.63, 3.8) is 0 Å². The van der Waals surface area contributed by atoms with Crippen LogP contribution in [0.3, 0.4) is 0 Å². The minimum Gasteiger partial charge on any atom is -0.481 e. The van der Waals surface area contributed by atoms with Crippen LogP contribution in [0, 0.1) is 0 Å². The summed E-state index contributed by atoms with van der Waals surface area (Å²) >= 11 is 0. The first-order valence-electron chi connectivity index (χ1n) is 7.05. The number of rotatable bonds is 2. The molecule has 1 heterocycles. The van der Waals surface area contributed by atoms with Crippen LogP contribution in [-0.4, -0.2) is 20.4 Å². The molecular weight excluding hydrogens is 316 g/mol. The molecule has 0 spiro atoms. The largest absolute Gasteiger partial charge is 0.481 e. The molecule has 2 aromatic carbocycles. The van der Waals surface area contributed by atoms with Gasteiger partial charge in [0.1, 0.15) is 5.75 Å². The van der Waals surface area contributed by atoms with E-state index in [-0.39, 0.29) is 10.8 Å². The number of nitrogens with two attached hydrogens (primary N) is 1. The molecule has 1 aliphatic rings. The highest BCUT2D eigenvalue weighted by atomic mass is 32.2. The van der Waals surface area contributed by atoms with Crippen LogP contribution in [0.15, 0.2) is 53.4 Å². The Labute approximate surface area is 134 Å². The van der Waals surface area contributed by atoms with Gasteiger partial charge in [0, 0.05) is 11.3 Å². The Bertz CT molecular complexity index is 847. The summed E-state index contributed by atoms with van der Waals surface area (Å²) < 4.78 is 28.4. The molecule has 0 saturated carbocycles. The molecule has 7 heteroatoms. The van der Waals surface area contributed by atoms with Gasteiger partial charge in [0.05, 0.1) is 11.4 Å². The van der Waals surface area contributed by atoms with E-state index in [2.05, 4.69) is 0 Å². The quantitative estimate of drug-likeness (QED) is 0.905. The Balaban J connectivity index is 1.99. The van der Waals surface area contributed by atoms with Gasteiger partial charge in [-0.15, -0.1) is 0 Å². The van der Waals surface area contributed by atoms with Crippen molar-refractivity contribution in [3.8, 4) is 5.75 Å². The van der Waals surface area contributed by atoms with Gasteiger partial charge in [-0.05, 0) is 37.3 Å². The first kappa shape index (κ1) is 15.5. The summed E-state index contributed by atoms with van der Waals surface area (Å²) in [5, 5.41) is 5.09. The van der Waals surface area contributed by atoms with E-state index < -0.39 is 16.1 Å². The number of anilines is 1. The van der Waals surface area contributed by atoms with Crippen LogP contribution in [0.5, 0.6) is 5.75 Å². The Morgan fingerprint density at radius 1 is 1.13 bits per heavy atom. The predicted octanol–water partition coefficient (Wildman–Crippen LogP) is 1.65. The minimum absolute atomic E-state index is 0.00761. The van der Waals surface area contributed by atoms with Crippen LogP contribution in [0.25, 0.3) is 0 Å². The lowest BCUT2D eigenvalue weighted by molar-refractivity contribution is -0.124. The number of nitrogens with zero attached hydrogens (tertiary/aromatic N) is 1. The molecule has 6 nitrogen and oxygen atoms in total. The first-order chi connectivity index (χ1) is 10.9. The lowest BCUT2D eigenvalue weighted by atomic mass is 10.2. The number of primary sulfonamides is 1. The third kappa shape index (κ3) is 3.06. The highest BCUT2D eigenvalue weighted by Crippen LogP contribution is 2.29. The maximum Gasteiger partial charge on any atom is 0.268 e. The van der Waals surface area contributed by atoms with Gasteiger partial charge in [-0.25, -0.2) is 13.6 Å². The molecule has 3 rings (SSSR count). The summed E-state index contributed by atoms with van der Waals surface area (Å²) in [6, 6.07) is 13.4. The Hall–Kier alpha value is -2.38. The number of amides is 1. The molecule has 1 amide bonds. The third-order valence-electron chi connectivity index (χ3n) is 3.70. The molecule has 0 aliphatic carbocycles. The van der Waals surface area contributed by atoms with Crippen molar-refractivity contribution < 1.29 is 17.9 Å². The normalized spacial score (nSPS) is 18.1. The second-order valence-corrected chi connectivity index (χ2v) is 6.89. The number of ether oxygens (including phenoxy) is 1. The Morgan fingerprint density at radius 2 is 1.78 bits per heavy atom. The van der Waals surface area contributed by atoms with E-state index in [0.29, 0.717) is 18.0 Å². The number of carbonyl (C=O) groups is 1. The molecule has 1 aliphatic heterocycles. The smallest absolute Gasteiger partial charge is 0.268 e. The van der Waals surface area contributed by atoms with Crippen molar-refractivity contribution in [2.45, 2.75) is 24.5 Å². The fourth-order valence-corrected chi connectivity index (χ4v) is 3.01. The van der Waals surface area contributed by atoms with E-state index in [9.17, 15) is 13.2 Å². The molecule has 23 heavy (non-hydrogen) atoms. The van der Waals surface area contributed by atoms with Gasteiger partial charge < -0.3 is 9.64 Å². The number of para-hydroxylation sites is 1. The number of carbonyl (C=O) groups excluding carboxylic acids is 1. The SMILES string of the molecule is C[C@@H]1Oc2ccccc2CN(c2ccc(S(N)(=O)=O)cc2)C1=O. The topological polar surface area (TPSA) is 89.7 Å². The van der Waals surface area contributed by atoms with E-state index in [4.69, 9.17) is 9.88 Å². The summed E-state index contributed by atoms with van der Waals surface area (Å²) in [5.74, 6) is 0.488. The van der Waals surface area contributed by atoms with Crippen molar-refractivity contribution >= 4 is 21.6 Å². The van der Waals surface area contributed by atoms with Crippen LogP contribution in [0.1, 0.15) is 12.5 Å². The summed E-state index contributed by atoms with van der Waals surface area (Å²) in [7, 11) is -3.76. The van der Waals surface area contributed by atoms with Crippen molar-refractivity contribution in [1.82, 2.24) is 0 Å². The molecule has 2 aromatic rings. The molecule has 2 N–H and O–H groups in total. The van der Waals surface area contributed by atoms with Crippen molar-refractivity contribution in [2.75, 3.05) is 4.90 Å². The van der Waals surface area contributed by atoms with Crippen LogP contribution in [0.4, 0.5) is 5.69 Å². The van der Waals surface area contributed by atoms with Crippen molar-refractivity contribution in [2.24, 2.45) is 5.14 Å². The van der Waals surface area contributed by atoms with Crippen molar-refractivity contribution in [1.29, 1.82) is 0 Å². The maximum atomic E-state index is 12.6. The van der Waals surface area contributed by atoms with Gasteiger partial charge in [-0.3, -0.25) is 4.79 Å². The number of fused-ring (bicyclic) bond motifs is 1. The second-order valence-electron chi connectivity index (χ2n) is 5.33. The molecule has 1 atom stereocenters. The fraction of sp³-hybridized carbons (Fsp3) is 0.188. The van der Waals surface area contributed by atoms with Gasteiger partial charge >= 0.3 is 0 Å². The summed E-state index contributed by atoms with van der Waals surface area (Å²) in [4.78, 5) is 14.1. The predicted molar refractivity (Wildman–Crippen MR) is 85.5 cm³/mol. The summed E-state index contributed by atoms with van der Waals surface area (Å²) in [5.41, 5.74) is 1.48. The van der Waals surface area contributed by atoms with Gasteiger partial charge in [0.2, 0.25) is 10.0 Å². The minimum atomic E-state index is -3.76. The highest BCUT2D eigenvalue weighted by molar-refractivity contribution is 7.89. The maximum absolute atomic E-state index is 12.6. The number of hydrogen-bond donors (Lipinski definition) is 1. The number of hydrogen-bond acceptors (Lipinski definition) is 4. The molecular formula is C16H16N2O4S. The Morgan fingerprint density at radius 3 is 2.43 bits per heavy atom. The number of sulfonamides is 1. The van der Waals surface area contributed by atoms with Gasteiger partial charge in [-0.1, -0.05) is 18.2 Å². The highest BCUT2D eigenvalue weighted by Gasteiger charge is 2.28. The van der Waals surface area contributed by atoms with E-state index in [1.807, 2.05) is 24.3 Å². The van der Waals surface area contributed by atoms with Crippen LogP contribution in [-0.2, 0) is 21.4 Å². The molecule has 0 saturated heterocycles. The lowest BCUT2D eigenvalue weighted by Crippen LogP contribution is -2.38. The van der Waals surface area contributed by atoms with E-state index in [0.717, 1.165) is 5.56 Å². The first-order valence-corrected chi connectivity index (χ1v) is 8.60. The second kappa shape index (κ2) is 5.68. The van der Waals surface area contributed by atoms with Crippen LogP contribution in [0.2, 0.25) is 0 Å². The third-order valence-corrected chi connectivity index (χ3v) is 4.62. The zero-order valence-electron chi connectivity index (χ0n) is 12.5. The molecule has 0 aromatic heterocycles. The van der Waals surface area contributed by atoms with E-state index >= 15 is 0 Å². The average molecular weight is 332 g/mol. The average Bonchev–Trinajstić information content (AvgIpc) is 2.64. The zero-order valence-corrected chi connectivity index (χ0v) is 13.3. The van der Waals surface area contributed by atoms with E-state index in [1.165, 1.54) is 12.1 Å². The fourth-order valence-electron chi connectivity index (χ4n) is 2.49. The van der Waals surface area contributed by atoms with Crippen LogP contribution < -0.4 is 14.8 Å². The van der Waals surface area contributed by atoms with Gasteiger partial charge in [-0.2, -0.15) is 0 Å². The van der Waals surface area contributed by atoms with Crippen LogP contribution >= 0.6 is 0 Å². The summed E-state index contributed by atoms with van der Waals surface area (Å²) in [6.07, 6.45) is -0.628. The molecule has 0 radical (unpaired) electrons.